The Balaban J connectivity index is 1.56. The third-order valence-corrected chi connectivity index (χ3v) is 5.49. The molecule has 25 heavy (non-hydrogen) atoms. The Kier molecular flexibility index (Phi) is 9.58. The Labute approximate surface area is 155 Å². The Bertz CT molecular complexity index is 372. The molecule has 0 saturated carbocycles. The smallest absolute Gasteiger partial charge is 0.191 e. The first-order chi connectivity index (χ1) is 12.2. The van der Waals surface area contributed by atoms with Gasteiger partial charge in [0.2, 0.25) is 0 Å². The second-order valence-corrected chi connectivity index (χ2v) is 7.62. The van der Waals surface area contributed by atoms with Gasteiger partial charge in [0, 0.05) is 59.4 Å². The lowest BCUT2D eigenvalue weighted by Gasteiger charge is -2.35. The van der Waals surface area contributed by atoms with Crippen LogP contribution in [0.4, 0.5) is 0 Å². The number of nitrogens with one attached hydrogen (secondary N) is 2. The number of nitrogens with zero attached hydrogens (tertiary/aromatic N) is 4. The number of hydrogen-bond donors (Lipinski definition) is 2. The number of rotatable bonds is 8. The summed E-state index contributed by atoms with van der Waals surface area (Å²) in [6, 6.07) is 0. The summed E-state index contributed by atoms with van der Waals surface area (Å²) in [7, 11) is 1.87. The highest BCUT2D eigenvalue weighted by molar-refractivity contribution is 5.79. The van der Waals surface area contributed by atoms with Crippen molar-refractivity contribution in [1.82, 2.24) is 25.3 Å². The van der Waals surface area contributed by atoms with Gasteiger partial charge in [0.25, 0.3) is 0 Å². The minimum atomic E-state index is 0.633. The SMILES string of the molecule is CCN1CCN(CC(C)CNC(=NC)NCCN2CCCCC2)CC1. The van der Waals surface area contributed by atoms with Crippen molar-refractivity contribution in [2.24, 2.45) is 10.9 Å². The molecule has 0 amide bonds. The van der Waals surface area contributed by atoms with E-state index >= 15 is 0 Å². The molecule has 1 atom stereocenters. The van der Waals surface area contributed by atoms with Crippen LogP contribution in [-0.2, 0) is 0 Å². The molecule has 0 bridgehead atoms. The van der Waals surface area contributed by atoms with Crippen LogP contribution in [0.1, 0.15) is 33.1 Å². The van der Waals surface area contributed by atoms with E-state index in [2.05, 4.69) is 44.2 Å². The first-order valence-electron chi connectivity index (χ1n) is 10.3. The number of guanidine groups is 1. The minimum Gasteiger partial charge on any atom is -0.356 e. The molecule has 0 spiro atoms. The van der Waals surface area contributed by atoms with Crippen molar-refractivity contribution in [2.75, 3.05) is 79.0 Å². The Hall–Kier alpha value is -0.850. The predicted octanol–water partition coefficient (Wildman–Crippen LogP) is 0.911. The van der Waals surface area contributed by atoms with Gasteiger partial charge in [-0.2, -0.15) is 0 Å². The number of piperazine rings is 1. The zero-order valence-electron chi connectivity index (χ0n) is 16.8. The molecule has 0 aliphatic carbocycles. The molecule has 2 saturated heterocycles. The van der Waals surface area contributed by atoms with Crippen LogP contribution in [-0.4, -0.2) is 99.7 Å². The van der Waals surface area contributed by atoms with E-state index < -0.39 is 0 Å². The van der Waals surface area contributed by atoms with Crippen LogP contribution in [0.25, 0.3) is 0 Å². The van der Waals surface area contributed by atoms with E-state index in [1.165, 1.54) is 71.6 Å². The lowest BCUT2D eigenvalue weighted by atomic mass is 10.1. The fourth-order valence-corrected chi connectivity index (χ4v) is 3.80. The quantitative estimate of drug-likeness (QED) is 0.502. The molecule has 2 rings (SSSR count). The Morgan fingerprint density at radius 2 is 1.60 bits per heavy atom. The maximum absolute atomic E-state index is 4.37. The zero-order chi connectivity index (χ0) is 17.9. The number of hydrogen-bond acceptors (Lipinski definition) is 4. The molecule has 0 aromatic rings. The van der Waals surface area contributed by atoms with Crippen LogP contribution in [0.5, 0.6) is 0 Å². The summed E-state index contributed by atoms with van der Waals surface area (Å²) in [4.78, 5) is 12.1. The third kappa shape index (κ3) is 7.92. The van der Waals surface area contributed by atoms with Gasteiger partial charge in [0.15, 0.2) is 5.96 Å². The topological polar surface area (TPSA) is 46.1 Å². The van der Waals surface area contributed by atoms with Gasteiger partial charge in [-0.3, -0.25) is 4.99 Å². The van der Waals surface area contributed by atoms with Gasteiger partial charge in [-0.15, -0.1) is 0 Å². The molecule has 146 valence electrons. The van der Waals surface area contributed by atoms with E-state index in [4.69, 9.17) is 0 Å². The van der Waals surface area contributed by atoms with Gasteiger partial charge in [0.05, 0.1) is 0 Å². The second-order valence-electron chi connectivity index (χ2n) is 7.62. The molecule has 2 aliphatic rings. The normalized spacial score (nSPS) is 22.8. The average molecular weight is 353 g/mol. The minimum absolute atomic E-state index is 0.633. The molecular weight excluding hydrogens is 312 g/mol. The molecule has 6 heteroatoms. The van der Waals surface area contributed by atoms with Crippen LogP contribution in [0.15, 0.2) is 4.99 Å². The summed E-state index contributed by atoms with van der Waals surface area (Å²) < 4.78 is 0. The highest BCUT2D eigenvalue weighted by atomic mass is 15.3. The number of aliphatic imine (C=N–C) groups is 1. The van der Waals surface area contributed by atoms with Crippen molar-refractivity contribution < 1.29 is 0 Å². The molecular formula is C19H40N6. The van der Waals surface area contributed by atoms with Gasteiger partial charge in [0.1, 0.15) is 0 Å². The van der Waals surface area contributed by atoms with Crippen molar-refractivity contribution in [2.45, 2.75) is 33.1 Å². The molecule has 0 aromatic carbocycles. The summed E-state index contributed by atoms with van der Waals surface area (Å²) >= 11 is 0. The summed E-state index contributed by atoms with van der Waals surface area (Å²) in [6.45, 7) is 17.4. The number of likely N-dealkylation sites (N-methyl/N-ethyl adjacent to an activating group) is 1. The molecule has 2 fully saturated rings. The average Bonchev–Trinajstić information content (AvgIpc) is 2.66. The van der Waals surface area contributed by atoms with Crippen LogP contribution < -0.4 is 10.6 Å². The number of piperidine rings is 1. The van der Waals surface area contributed by atoms with Crippen molar-refractivity contribution in [3.8, 4) is 0 Å². The lowest BCUT2D eigenvalue weighted by Crippen LogP contribution is -2.49. The van der Waals surface area contributed by atoms with Gasteiger partial charge in [-0.25, -0.2) is 0 Å². The summed E-state index contributed by atoms with van der Waals surface area (Å²) in [5, 5.41) is 6.97. The standard InChI is InChI=1S/C19H40N6/c1-4-23-12-14-25(15-13-23)17-18(2)16-22-19(20-3)21-8-11-24-9-6-5-7-10-24/h18H,4-17H2,1-3H3,(H2,20,21,22). The lowest BCUT2D eigenvalue weighted by molar-refractivity contribution is 0.124. The summed E-state index contributed by atoms with van der Waals surface area (Å²) in [5.74, 6) is 1.58. The number of likely N-dealkylation sites (tertiary alicyclic amines) is 1. The van der Waals surface area contributed by atoms with Crippen LogP contribution >= 0.6 is 0 Å². The van der Waals surface area contributed by atoms with Crippen LogP contribution in [0, 0.1) is 5.92 Å². The fourth-order valence-electron chi connectivity index (χ4n) is 3.80. The predicted molar refractivity (Wildman–Crippen MR) is 107 cm³/mol. The Morgan fingerprint density at radius 1 is 0.920 bits per heavy atom. The van der Waals surface area contributed by atoms with E-state index in [1.807, 2.05) is 7.05 Å². The van der Waals surface area contributed by atoms with E-state index in [0.717, 1.165) is 25.6 Å². The Morgan fingerprint density at radius 3 is 2.24 bits per heavy atom. The molecule has 1 unspecified atom stereocenters. The van der Waals surface area contributed by atoms with Gasteiger partial charge >= 0.3 is 0 Å². The first-order valence-corrected chi connectivity index (χ1v) is 10.3. The molecule has 2 heterocycles. The first kappa shape index (κ1) is 20.5. The summed E-state index contributed by atoms with van der Waals surface area (Å²) in [6.07, 6.45) is 4.12. The highest BCUT2D eigenvalue weighted by Gasteiger charge is 2.17. The van der Waals surface area contributed by atoms with E-state index in [-0.39, 0.29) is 0 Å². The van der Waals surface area contributed by atoms with E-state index in [0.29, 0.717) is 5.92 Å². The largest absolute Gasteiger partial charge is 0.356 e. The third-order valence-electron chi connectivity index (χ3n) is 5.49. The monoisotopic (exact) mass is 352 g/mol. The maximum Gasteiger partial charge on any atom is 0.191 e. The highest BCUT2D eigenvalue weighted by Crippen LogP contribution is 2.07. The molecule has 2 N–H and O–H groups in total. The van der Waals surface area contributed by atoms with Crippen molar-refractivity contribution >= 4 is 5.96 Å². The van der Waals surface area contributed by atoms with Crippen molar-refractivity contribution in [3.05, 3.63) is 0 Å². The molecule has 0 aromatic heterocycles. The van der Waals surface area contributed by atoms with Crippen molar-refractivity contribution in [1.29, 1.82) is 0 Å². The van der Waals surface area contributed by atoms with Crippen molar-refractivity contribution in [3.63, 3.8) is 0 Å². The van der Waals surface area contributed by atoms with Crippen LogP contribution in [0.3, 0.4) is 0 Å². The zero-order valence-corrected chi connectivity index (χ0v) is 16.8. The summed E-state index contributed by atoms with van der Waals surface area (Å²) in [5.41, 5.74) is 0. The van der Waals surface area contributed by atoms with Crippen LogP contribution in [0.2, 0.25) is 0 Å². The second kappa shape index (κ2) is 11.7. The molecule has 6 nitrogen and oxygen atoms in total. The van der Waals surface area contributed by atoms with Gasteiger partial charge in [-0.05, 0) is 38.4 Å². The van der Waals surface area contributed by atoms with Gasteiger partial charge < -0.3 is 25.3 Å². The van der Waals surface area contributed by atoms with E-state index in [9.17, 15) is 0 Å². The molecule has 2 aliphatic heterocycles. The van der Waals surface area contributed by atoms with Gasteiger partial charge in [-0.1, -0.05) is 20.3 Å². The maximum atomic E-state index is 4.37. The fraction of sp³-hybridized carbons (Fsp3) is 0.947. The molecule has 0 radical (unpaired) electrons. The van der Waals surface area contributed by atoms with E-state index in [1.54, 1.807) is 0 Å².